The van der Waals surface area contributed by atoms with E-state index in [9.17, 15) is 4.79 Å². The maximum atomic E-state index is 10.7. The summed E-state index contributed by atoms with van der Waals surface area (Å²) in [5, 5.41) is 10.4. The van der Waals surface area contributed by atoms with Gasteiger partial charge in [-0.2, -0.15) is 0 Å². The maximum Gasteiger partial charge on any atom is 0.336 e. The minimum absolute atomic E-state index is 0.330. The van der Waals surface area contributed by atoms with Crippen molar-refractivity contribution >= 4 is 17.3 Å². The first-order valence-electron chi connectivity index (χ1n) is 4.40. The number of aromatic carboxylic acids is 1. The molecule has 3 nitrogen and oxygen atoms in total. The zero-order valence-electron chi connectivity index (χ0n) is 8.10. The number of carbonyl (C=O) groups is 1. The molecule has 0 saturated heterocycles. The van der Waals surface area contributed by atoms with E-state index in [0.717, 1.165) is 16.0 Å². The van der Waals surface area contributed by atoms with Crippen LogP contribution in [0.4, 0.5) is 0 Å². The molecule has 0 aliphatic carbocycles. The zero-order chi connectivity index (χ0) is 10.8. The number of carboxylic acids is 1. The standard InChI is InChI=1S/C11H9NO2S/c1-7-2-8(5-12-4-7)10-3-9(6-15-10)11(13)14/h2-6H,1H3,(H,13,14). The molecule has 2 rings (SSSR count). The summed E-state index contributed by atoms with van der Waals surface area (Å²) in [5.41, 5.74) is 2.36. The first kappa shape index (κ1) is 9.86. The molecule has 0 radical (unpaired) electrons. The quantitative estimate of drug-likeness (QED) is 0.844. The third kappa shape index (κ3) is 2.05. The molecular weight excluding hydrogens is 210 g/mol. The number of pyridine rings is 1. The number of hydrogen-bond acceptors (Lipinski definition) is 3. The number of hydrogen-bond donors (Lipinski definition) is 1. The Morgan fingerprint density at radius 3 is 2.80 bits per heavy atom. The minimum Gasteiger partial charge on any atom is -0.478 e. The highest BCUT2D eigenvalue weighted by atomic mass is 32.1. The van der Waals surface area contributed by atoms with Crippen LogP contribution in [0.25, 0.3) is 10.4 Å². The number of aryl methyl sites for hydroxylation is 1. The number of aromatic nitrogens is 1. The lowest BCUT2D eigenvalue weighted by Gasteiger charge is -1.97. The molecule has 76 valence electrons. The van der Waals surface area contributed by atoms with Gasteiger partial charge in [-0.3, -0.25) is 4.98 Å². The second kappa shape index (κ2) is 3.82. The lowest BCUT2D eigenvalue weighted by molar-refractivity contribution is 0.0697. The van der Waals surface area contributed by atoms with Gasteiger partial charge in [-0.25, -0.2) is 4.79 Å². The molecule has 2 aromatic rings. The van der Waals surface area contributed by atoms with E-state index in [1.807, 2.05) is 13.0 Å². The largest absolute Gasteiger partial charge is 0.478 e. The van der Waals surface area contributed by atoms with Crippen LogP contribution < -0.4 is 0 Å². The molecule has 0 unspecified atom stereocenters. The summed E-state index contributed by atoms with van der Waals surface area (Å²) in [7, 11) is 0. The van der Waals surface area contributed by atoms with Crippen molar-refractivity contribution in [1.29, 1.82) is 0 Å². The molecule has 0 aliphatic rings. The van der Waals surface area contributed by atoms with Crippen LogP contribution >= 0.6 is 11.3 Å². The molecular formula is C11H9NO2S. The molecule has 0 bridgehead atoms. The SMILES string of the molecule is Cc1cncc(-c2cc(C(=O)O)cs2)c1. The van der Waals surface area contributed by atoms with Gasteiger partial charge in [0.1, 0.15) is 0 Å². The fourth-order valence-electron chi connectivity index (χ4n) is 1.29. The Labute approximate surface area is 91.0 Å². The molecule has 0 aromatic carbocycles. The van der Waals surface area contributed by atoms with E-state index in [1.54, 1.807) is 23.8 Å². The zero-order valence-corrected chi connectivity index (χ0v) is 8.91. The summed E-state index contributed by atoms with van der Waals surface area (Å²) in [6, 6.07) is 3.66. The predicted octanol–water partition coefficient (Wildman–Crippen LogP) is 2.82. The van der Waals surface area contributed by atoms with E-state index in [1.165, 1.54) is 11.3 Å². The van der Waals surface area contributed by atoms with Gasteiger partial charge in [0.05, 0.1) is 5.56 Å². The van der Waals surface area contributed by atoms with Crippen molar-refractivity contribution < 1.29 is 9.90 Å². The Bertz CT molecular complexity index is 505. The normalized spacial score (nSPS) is 10.2. The van der Waals surface area contributed by atoms with Crippen LogP contribution in [0, 0.1) is 6.92 Å². The maximum absolute atomic E-state index is 10.7. The molecule has 0 aliphatic heterocycles. The van der Waals surface area contributed by atoms with Gasteiger partial charge in [0.2, 0.25) is 0 Å². The molecule has 0 fully saturated rings. The molecule has 0 spiro atoms. The van der Waals surface area contributed by atoms with Crippen molar-refractivity contribution in [1.82, 2.24) is 4.98 Å². The van der Waals surface area contributed by atoms with E-state index in [-0.39, 0.29) is 0 Å². The Balaban J connectivity index is 2.41. The third-order valence-corrected chi connectivity index (χ3v) is 2.99. The summed E-state index contributed by atoms with van der Waals surface area (Å²) in [5.74, 6) is -0.891. The fourth-order valence-corrected chi connectivity index (χ4v) is 2.15. The number of carboxylic acid groups (broad SMARTS) is 1. The average molecular weight is 219 g/mol. The molecule has 4 heteroatoms. The monoisotopic (exact) mass is 219 g/mol. The first-order chi connectivity index (χ1) is 7.16. The van der Waals surface area contributed by atoms with Crippen LogP contribution in [0.5, 0.6) is 0 Å². The van der Waals surface area contributed by atoms with Crippen molar-refractivity contribution in [3.63, 3.8) is 0 Å². The summed E-state index contributed by atoms with van der Waals surface area (Å²) >= 11 is 1.42. The number of rotatable bonds is 2. The van der Waals surface area contributed by atoms with Crippen LogP contribution in [0.2, 0.25) is 0 Å². The van der Waals surface area contributed by atoms with Gasteiger partial charge in [-0.1, -0.05) is 0 Å². The average Bonchev–Trinajstić information content (AvgIpc) is 2.66. The number of thiophene rings is 1. The van der Waals surface area contributed by atoms with Gasteiger partial charge < -0.3 is 5.11 Å². The summed E-state index contributed by atoms with van der Waals surface area (Å²) in [6.45, 7) is 1.96. The lowest BCUT2D eigenvalue weighted by atomic mass is 10.2. The van der Waals surface area contributed by atoms with Gasteiger partial charge in [-0.15, -0.1) is 11.3 Å². The molecule has 2 heterocycles. The van der Waals surface area contributed by atoms with Crippen LogP contribution in [-0.2, 0) is 0 Å². The van der Waals surface area contributed by atoms with Crippen molar-refractivity contribution in [3.8, 4) is 10.4 Å². The molecule has 15 heavy (non-hydrogen) atoms. The van der Waals surface area contributed by atoms with E-state index in [4.69, 9.17) is 5.11 Å². The fraction of sp³-hybridized carbons (Fsp3) is 0.0909. The van der Waals surface area contributed by atoms with E-state index < -0.39 is 5.97 Å². The molecule has 0 atom stereocenters. The second-order valence-corrected chi connectivity index (χ2v) is 4.17. The molecule has 1 N–H and O–H groups in total. The highest BCUT2D eigenvalue weighted by molar-refractivity contribution is 7.13. The Morgan fingerprint density at radius 2 is 2.20 bits per heavy atom. The van der Waals surface area contributed by atoms with Crippen molar-refractivity contribution in [2.75, 3.05) is 0 Å². The Morgan fingerprint density at radius 1 is 1.40 bits per heavy atom. The van der Waals surface area contributed by atoms with Crippen molar-refractivity contribution in [2.45, 2.75) is 6.92 Å². The van der Waals surface area contributed by atoms with Gasteiger partial charge in [-0.05, 0) is 24.6 Å². The van der Waals surface area contributed by atoms with Gasteiger partial charge in [0.15, 0.2) is 0 Å². The molecule has 0 amide bonds. The van der Waals surface area contributed by atoms with E-state index in [2.05, 4.69) is 4.98 Å². The lowest BCUT2D eigenvalue weighted by Crippen LogP contribution is -1.91. The predicted molar refractivity (Wildman–Crippen MR) is 59.2 cm³/mol. The molecule has 0 saturated carbocycles. The minimum atomic E-state index is -0.891. The summed E-state index contributed by atoms with van der Waals surface area (Å²) < 4.78 is 0. The van der Waals surface area contributed by atoms with Crippen molar-refractivity contribution in [2.24, 2.45) is 0 Å². The summed E-state index contributed by atoms with van der Waals surface area (Å²) in [4.78, 5) is 15.7. The Hall–Kier alpha value is -1.68. The van der Waals surface area contributed by atoms with Crippen LogP contribution in [0.1, 0.15) is 15.9 Å². The van der Waals surface area contributed by atoms with E-state index in [0.29, 0.717) is 5.56 Å². The highest BCUT2D eigenvalue weighted by Crippen LogP contribution is 2.26. The topological polar surface area (TPSA) is 50.2 Å². The van der Waals surface area contributed by atoms with Crippen molar-refractivity contribution in [3.05, 3.63) is 41.0 Å². The van der Waals surface area contributed by atoms with Gasteiger partial charge in [0, 0.05) is 28.2 Å². The van der Waals surface area contributed by atoms with Crippen LogP contribution in [0.3, 0.4) is 0 Å². The smallest absolute Gasteiger partial charge is 0.336 e. The second-order valence-electron chi connectivity index (χ2n) is 3.26. The third-order valence-electron chi connectivity index (χ3n) is 2.01. The Kier molecular flexibility index (Phi) is 2.51. The van der Waals surface area contributed by atoms with E-state index >= 15 is 0 Å². The van der Waals surface area contributed by atoms with Gasteiger partial charge in [0.25, 0.3) is 0 Å². The summed E-state index contributed by atoms with van der Waals surface area (Å²) in [6.07, 6.45) is 3.51. The van der Waals surface area contributed by atoms with Crippen LogP contribution in [0.15, 0.2) is 29.9 Å². The highest BCUT2D eigenvalue weighted by Gasteiger charge is 2.07. The van der Waals surface area contributed by atoms with Gasteiger partial charge >= 0.3 is 5.97 Å². The first-order valence-corrected chi connectivity index (χ1v) is 5.28. The molecule has 2 aromatic heterocycles. The van der Waals surface area contributed by atoms with Crippen LogP contribution in [-0.4, -0.2) is 16.1 Å². The number of nitrogens with zero attached hydrogens (tertiary/aromatic N) is 1.